The summed E-state index contributed by atoms with van der Waals surface area (Å²) in [5.74, 6) is -9.22. The number of carbonyl (C=O) groups is 6. The first-order valence-electron chi connectivity index (χ1n) is 15.8. The number of rotatable bonds is 6. The third kappa shape index (κ3) is 4.29. The van der Waals surface area contributed by atoms with E-state index in [1.54, 1.807) is 33.8 Å². The number of hydrogen-bond donors (Lipinski definition) is 2. The molecule has 3 unspecified atom stereocenters. The molecule has 4 aliphatic rings. The number of aliphatic hydroxyl groups is 1. The van der Waals surface area contributed by atoms with Gasteiger partial charge < -0.3 is 10.2 Å². The Labute approximate surface area is 267 Å². The largest absolute Gasteiger partial charge is 0.507 e. The summed E-state index contributed by atoms with van der Waals surface area (Å²) in [6, 6.07) is 10.5. The van der Waals surface area contributed by atoms with Crippen LogP contribution in [0.4, 0.5) is 0 Å². The number of Topliss-reactive ketones (excluding diaryl/α,β-unsaturated/α-hetero) is 6. The lowest BCUT2D eigenvalue weighted by atomic mass is 9.40. The zero-order valence-corrected chi connectivity index (χ0v) is 26.7. The average molecular weight is 623 g/mol. The zero-order chi connectivity index (χ0) is 33.5. The fourth-order valence-electron chi connectivity index (χ4n) is 9.21. The topological polar surface area (TPSA) is 143 Å². The van der Waals surface area contributed by atoms with Gasteiger partial charge in [-0.15, -0.1) is 0 Å². The van der Waals surface area contributed by atoms with E-state index in [2.05, 4.69) is 0 Å². The zero-order valence-electron chi connectivity index (χ0n) is 26.7. The third-order valence-electron chi connectivity index (χ3n) is 11.0. The van der Waals surface area contributed by atoms with Crippen molar-refractivity contribution in [2.75, 3.05) is 0 Å². The highest BCUT2D eigenvalue weighted by molar-refractivity contribution is 6.32. The second kappa shape index (κ2) is 10.6. The number of phenols is 1. The monoisotopic (exact) mass is 622 g/mol. The van der Waals surface area contributed by atoms with Gasteiger partial charge in [0.05, 0.1) is 11.5 Å². The molecule has 0 aromatic heterocycles. The molecule has 8 heteroatoms. The molecule has 0 saturated heterocycles. The molecule has 46 heavy (non-hydrogen) atoms. The summed E-state index contributed by atoms with van der Waals surface area (Å²) in [4.78, 5) is 81.8. The first-order chi connectivity index (χ1) is 21.6. The van der Waals surface area contributed by atoms with Crippen LogP contribution in [0.2, 0.25) is 0 Å². The van der Waals surface area contributed by atoms with Crippen LogP contribution in [-0.2, 0) is 36.8 Å². The standard InChI is InChI=1S/C38H38O8/c1-19(2)30-32(42)28(20(3)39)34(44)38(46)35(45)31-33(43)29-25(17-36(31,4)18-37(30,38)5)24(13-14-26(29)40)23-12-8-9-21(15-23)16-27(41)22-10-6-7-11-22/h6-10,12-15,19,28,30-31,40,46H,11,16-18H2,1-5H3/t28?,30?,31?,36-,37-,38+/m1/s1. The number of phenolic OH excluding ortho intramolecular Hbond substituents is 1. The molecule has 6 atom stereocenters. The summed E-state index contributed by atoms with van der Waals surface area (Å²) in [5, 5.41) is 23.2. The van der Waals surface area contributed by atoms with Crippen LogP contribution < -0.4 is 0 Å². The second-order valence-electron chi connectivity index (χ2n) is 14.4. The maximum atomic E-state index is 14.5. The molecule has 238 valence electrons. The molecule has 0 amide bonds. The minimum atomic E-state index is -2.73. The van der Waals surface area contributed by atoms with Gasteiger partial charge in [0, 0.05) is 17.8 Å². The van der Waals surface area contributed by atoms with Gasteiger partial charge in [0.25, 0.3) is 0 Å². The fourth-order valence-corrected chi connectivity index (χ4v) is 9.21. The van der Waals surface area contributed by atoms with E-state index in [9.17, 15) is 39.0 Å². The number of fused-ring (bicyclic) bond motifs is 3. The predicted molar refractivity (Wildman–Crippen MR) is 169 cm³/mol. The van der Waals surface area contributed by atoms with Gasteiger partial charge in [-0.2, -0.15) is 0 Å². The number of benzene rings is 2. The molecule has 2 aromatic carbocycles. The number of hydrogen-bond acceptors (Lipinski definition) is 8. The fraction of sp³-hybridized carbons (Fsp3) is 0.421. The van der Waals surface area contributed by atoms with Crippen molar-refractivity contribution in [2.24, 2.45) is 34.5 Å². The Morgan fingerprint density at radius 2 is 1.74 bits per heavy atom. The Balaban J connectivity index is 1.47. The number of allylic oxidation sites excluding steroid dienone is 4. The van der Waals surface area contributed by atoms with Crippen molar-refractivity contribution in [1.82, 2.24) is 0 Å². The van der Waals surface area contributed by atoms with Gasteiger partial charge in [0.1, 0.15) is 17.5 Å². The van der Waals surface area contributed by atoms with E-state index in [0.29, 0.717) is 17.5 Å². The van der Waals surface area contributed by atoms with E-state index in [0.717, 1.165) is 23.6 Å². The molecule has 0 heterocycles. The Morgan fingerprint density at radius 1 is 1.02 bits per heavy atom. The van der Waals surface area contributed by atoms with Gasteiger partial charge in [0.2, 0.25) is 0 Å². The molecule has 4 aliphatic carbocycles. The highest BCUT2D eigenvalue weighted by Crippen LogP contribution is 2.64. The smallest absolute Gasteiger partial charge is 0.190 e. The first kappa shape index (κ1) is 31.7. The van der Waals surface area contributed by atoms with E-state index in [4.69, 9.17) is 0 Å². The summed E-state index contributed by atoms with van der Waals surface area (Å²) in [6.45, 7) is 7.93. The molecular weight excluding hydrogens is 584 g/mol. The van der Waals surface area contributed by atoms with Gasteiger partial charge in [-0.3, -0.25) is 28.8 Å². The molecule has 2 aromatic rings. The Morgan fingerprint density at radius 3 is 2.37 bits per heavy atom. The SMILES string of the molecule is CC(=O)C1C(=O)C(C(C)C)[C@@]2(C)C[C@@]3(C)Cc4c(-c5cccc(CC(=O)C6=CC=CC6)c5)ccc(O)c4C(=O)C3C(=O)[C@@]2(O)C1=O. The molecule has 0 spiro atoms. The quantitative estimate of drug-likeness (QED) is 0.439. The van der Waals surface area contributed by atoms with Crippen LogP contribution in [0.1, 0.15) is 68.9 Å². The van der Waals surface area contributed by atoms with Crippen molar-refractivity contribution in [3.63, 3.8) is 0 Å². The van der Waals surface area contributed by atoms with Crippen molar-refractivity contribution in [2.45, 2.75) is 65.9 Å². The van der Waals surface area contributed by atoms with Crippen LogP contribution >= 0.6 is 0 Å². The van der Waals surface area contributed by atoms with Crippen molar-refractivity contribution in [3.8, 4) is 16.9 Å². The molecule has 0 bridgehead atoms. The van der Waals surface area contributed by atoms with Crippen molar-refractivity contribution in [3.05, 3.63) is 76.9 Å². The van der Waals surface area contributed by atoms with Crippen LogP contribution in [0.15, 0.2) is 60.2 Å². The van der Waals surface area contributed by atoms with Gasteiger partial charge >= 0.3 is 0 Å². The number of ketones is 6. The van der Waals surface area contributed by atoms with Crippen molar-refractivity contribution >= 4 is 34.7 Å². The Bertz CT molecular complexity index is 1830. The lowest BCUT2D eigenvalue weighted by Crippen LogP contribution is -2.76. The lowest BCUT2D eigenvalue weighted by molar-refractivity contribution is -0.205. The van der Waals surface area contributed by atoms with Crippen LogP contribution in [0, 0.1) is 34.5 Å². The second-order valence-corrected chi connectivity index (χ2v) is 14.4. The van der Waals surface area contributed by atoms with Crippen molar-refractivity contribution in [1.29, 1.82) is 0 Å². The minimum absolute atomic E-state index is 0.0180. The highest BCUT2D eigenvalue weighted by Gasteiger charge is 2.76. The van der Waals surface area contributed by atoms with E-state index in [-0.39, 0.29) is 36.4 Å². The normalized spacial score (nSPS) is 31.8. The number of aromatic hydroxyl groups is 1. The van der Waals surface area contributed by atoms with Gasteiger partial charge in [0.15, 0.2) is 34.5 Å². The maximum Gasteiger partial charge on any atom is 0.190 e. The van der Waals surface area contributed by atoms with Crippen LogP contribution in [-0.4, -0.2) is 50.5 Å². The summed E-state index contributed by atoms with van der Waals surface area (Å²) in [6.07, 6.45) is 6.53. The maximum absolute atomic E-state index is 14.5. The Hall–Kier alpha value is -4.30. The molecule has 0 radical (unpaired) electrons. The van der Waals surface area contributed by atoms with Crippen molar-refractivity contribution < 1.29 is 39.0 Å². The Kier molecular flexibility index (Phi) is 7.32. The van der Waals surface area contributed by atoms with Crippen LogP contribution in [0.5, 0.6) is 5.75 Å². The van der Waals surface area contributed by atoms with Gasteiger partial charge in [-0.1, -0.05) is 76.3 Å². The summed E-state index contributed by atoms with van der Waals surface area (Å²) >= 11 is 0. The minimum Gasteiger partial charge on any atom is -0.507 e. The first-order valence-corrected chi connectivity index (χ1v) is 15.8. The molecule has 6 rings (SSSR count). The molecule has 8 nitrogen and oxygen atoms in total. The molecule has 2 N–H and O–H groups in total. The third-order valence-corrected chi connectivity index (χ3v) is 11.0. The van der Waals surface area contributed by atoms with E-state index in [1.807, 2.05) is 42.5 Å². The van der Waals surface area contributed by atoms with Gasteiger partial charge in [-0.05, 0) is 71.4 Å². The molecular formula is C38H38O8. The number of carbonyl (C=O) groups excluding carboxylic acids is 6. The molecule has 0 aliphatic heterocycles. The lowest BCUT2D eigenvalue weighted by Gasteiger charge is -2.61. The van der Waals surface area contributed by atoms with Crippen LogP contribution in [0.25, 0.3) is 11.1 Å². The van der Waals surface area contributed by atoms with E-state index in [1.165, 1.54) is 6.07 Å². The van der Waals surface area contributed by atoms with Gasteiger partial charge in [-0.25, -0.2) is 0 Å². The highest BCUT2D eigenvalue weighted by atomic mass is 16.3. The summed E-state index contributed by atoms with van der Waals surface area (Å²) in [5.41, 5.74) is -2.06. The molecule has 2 saturated carbocycles. The predicted octanol–water partition coefficient (Wildman–Crippen LogP) is 4.76. The van der Waals surface area contributed by atoms with E-state index < -0.39 is 69.0 Å². The van der Waals surface area contributed by atoms with E-state index >= 15 is 0 Å². The average Bonchev–Trinajstić information content (AvgIpc) is 3.50. The summed E-state index contributed by atoms with van der Waals surface area (Å²) < 4.78 is 0. The van der Waals surface area contributed by atoms with Crippen LogP contribution in [0.3, 0.4) is 0 Å². The molecule has 2 fully saturated rings. The summed E-state index contributed by atoms with van der Waals surface area (Å²) in [7, 11) is 0.